The highest BCUT2D eigenvalue weighted by molar-refractivity contribution is 7.88. The molecule has 498 valence electrons. The zero-order valence-corrected chi connectivity index (χ0v) is 55.0. The first-order valence-electron chi connectivity index (χ1n) is 31.0. The largest absolute Gasteiger partial charge is 0.456 e. The molecule has 3 saturated heterocycles. The molecule has 6 aliphatic rings. The number of carbonyl (C=O) groups excluding carboxylic acids is 5. The van der Waals surface area contributed by atoms with Crippen molar-refractivity contribution in [3.8, 4) is 11.4 Å². The molecule has 2 bridgehead atoms. The number of amides is 1. The molecule has 5 fully saturated rings. The first-order chi connectivity index (χ1) is 43.9. The first-order valence-corrected chi connectivity index (χ1v) is 33.7. The number of ketones is 1. The quantitative estimate of drug-likeness (QED) is 0.0478. The maximum absolute atomic E-state index is 14.9. The number of esters is 3. The van der Waals surface area contributed by atoms with E-state index in [0.29, 0.717) is 37.7 Å². The Kier molecular flexibility index (Phi) is 18.6. The number of thiophene rings is 1. The summed E-state index contributed by atoms with van der Waals surface area (Å²) >= 11 is 1.73. The van der Waals surface area contributed by atoms with Gasteiger partial charge in [0, 0.05) is 86.8 Å². The van der Waals surface area contributed by atoms with Crippen LogP contribution in [0.25, 0.3) is 32.5 Å². The van der Waals surface area contributed by atoms with Crippen LogP contribution in [-0.4, -0.2) is 207 Å². The monoisotopic (exact) mass is 1320 g/mol. The lowest BCUT2D eigenvalue weighted by Gasteiger charge is -2.67. The minimum absolute atomic E-state index is 0.0637. The second kappa shape index (κ2) is 25.8. The molecule has 0 unspecified atom stereocenters. The summed E-state index contributed by atoms with van der Waals surface area (Å²) in [7, 11) is -3.13. The van der Waals surface area contributed by atoms with Gasteiger partial charge in [-0.25, -0.2) is 32.8 Å². The highest BCUT2D eigenvalue weighted by Crippen LogP contribution is 2.64. The number of carbonyl (C=O) groups is 5. The fraction of sp³-hybridized carbons (Fsp3) is 0.515. The van der Waals surface area contributed by atoms with Gasteiger partial charge in [-0.3, -0.25) is 19.6 Å². The SMILES string of the molecule is CC(=O)O[C@@]12CO[C@@H]1C[C@H](O)[C@@]1(C)C(=O)[C@H](O)C3=C(C)[C@@H](OC(=O)[C@H](O)[C@@H](NC(=O)OC(C)(C)C)c4ccccc4)C[C@@](O)([C@@H](OC(=O)c4ccccc4)[C@H]21)C3(C)C.CS(=O)(=O)N1CCN(Cc2cc3nc(-c4cccc5[nH]ncc45)nc(N4CCOCC4)c3s2)CC1. The predicted molar refractivity (Wildman–Crippen MR) is 341 cm³/mol. The van der Waals surface area contributed by atoms with E-state index in [1.165, 1.54) is 37.1 Å². The van der Waals surface area contributed by atoms with Crippen LogP contribution in [-0.2, 0) is 59.4 Å². The number of aromatic amines is 1. The Morgan fingerprint density at radius 3 is 2.23 bits per heavy atom. The van der Waals surface area contributed by atoms with Crippen LogP contribution in [0.1, 0.15) is 95.1 Å². The topological polar surface area (TPSA) is 332 Å². The number of hydrogen-bond acceptors (Lipinski definition) is 23. The van der Waals surface area contributed by atoms with Gasteiger partial charge in [0.2, 0.25) is 10.0 Å². The molecule has 3 aliphatic heterocycles. The maximum atomic E-state index is 14.9. The number of anilines is 1. The molecular weight excluding hydrogens is 1240 g/mol. The van der Waals surface area contributed by atoms with Crippen LogP contribution in [0, 0.1) is 16.7 Å². The molecule has 3 aromatic heterocycles. The number of alkyl carbamates (subject to hydrolysis) is 1. The fourth-order valence-corrected chi connectivity index (χ4v) is 16.3. The number of aromatic nitrogens is 4. The molecule has 6 aromatic rings. The van der Waals surface area contributed by atoms with Crippen LogP contribution in [0.15, 0.2) is 102 Å². The summed E-state index contributed by atoms with van der Waals surface area (Å²) in [6.07, 6.45) is -8.38. The molecule has 11 atom stereocenters. The van der Waals surface area contributed by atoms with Crippen molar-refractivity contribution in [2.45, 2.75) is 134 Å². The Morgan fingerprint density at radius 1 is 0.914 bits per heavy atom. The second-order valence-electron chi connectivity index (χ2n) is 26.5. The molecule has 6 heterocycles. The summed E-state index contributed by atoms with van der Waals surface area (Å²) in [4.78, 5) is 84.8. The number of ether oxygens (including phenoxy) is 6. The molecular formula is C66H80N8O17S2. The van der Waals surface area contributed by atoms with Crippen molar-refractivity contribution in [2.75, 3.05) is 70.2 Å². The standard InChI is InChI=1S/C43H53NO14.C23H27N7O3S2/c1-22-26(55-37(51)32(48)30(24-15-11-9-12-16-24)44-38(52)58-39(3,4)5)20-43(53)35(56-36(50)25-17-13-10-14-18-25)33-41(8,34(49)31(47)29(22)40(43,6)7)27(46)19-28-42(33,21-54-28)57-23(2)45;1-35(31,32)30-7-5-28(6-8-30)15-16-13-20-21(34-16)23(29-9-11-33-12-10-29)26-22(25-20)17-3-2-4-19-18(17)14-24-27-19/h9-18,26-28,30-33,35,46-48,53H,19-21H2,1-8H3,(H,44,52);2-4,13-14H,5-12,15H2,1H3,(H,24,27)/t26-,27-,28+,30-,31+,32+,33-,35-,41+,42-,43+;/m0./s1. The molecule has 6 N–H and O–H groups in total. The molecule has 27 heteroatoms. The van der Waals surface area contributed by atoms with Crippen molar-refractivity contribution in [3.63, 3.8) is 0 Å². The summed E-state index contributed by atoms with van der Waals surface area (Å²) in [5, 5.41) is 59.8. The highest BCUT2D eigenvalue weighted by Gasteiger charge is 2.78. The van der Waals surface area contributed by atoms with E-state index in [1.807, 2.05) is 24.4 Å². The summed E-state index contributed by atoms with van der Waals surface area (Å²) in [6.45, 7) is 18.0. The van der Waals surface area contributed by atoms with E-state index in [1.54, 1.807) is 98.8 Å². The number of piperazine rings is 1. The first kappa shape index (κ1) is 67.1. The Hall–Kier alpha value is -7.31. The van der Waals surface area contributed by atoms with E-state index < -0.39 is 122 Å². The maximum Gasteiger partial charge on any atom is 0.408 e. The van der Waals surface area contributed by atoms with Gasteiger partial charge < -0.3 is 59.1 Å². The Bertz CT molecular complexity index is 3960. The number of H-pyrrole nitrogens is 1. The van der Waals surface area contributed by atoms with E-state index in [4.69, 9.17) is 38.4 Å². The van der Waals surface area contributed by atoms with Crippen LogP contribution in [0.3, 0.4) is 0 Å². The van der Waals surface area contributed by atoms with Gasteiger partial charge in [-0.2, -0.15) is 9.40 Å². The zero-order chi connectivity index (χ0) is 66.7. The number of Topliss-reactive ketones (excluding diaryl/α,β-unsaturated/α-hetero) is 1. The molecule has 93 heavy (non-hydrogen) atoms. The smallest absolute Gasteiger partial charge is 0.408 e. The van der Waals surface area contributed by atoms with E-state index in [0.717, 1.165) is 72.1 Å². The minimum Gasteiger partial charge on any atom is -0.456 e. The number of benzene rings is 3. The third-order valence-corrected chi connectivity index (χ3v) is 21.6. The van der Waals surface area contributed by atoms with Gasteiger partial charge in [-0.05, 0) is 75.6 Å². The second-order valence-corrected chi connectivity index (χ2v) is 29.7. The van der Waals surface area contributed by atoms with Gasteiger partial charge in [0.25, 0.3) is 0 Å². The van der Waals surface area contributed by atoms with E-state index >= 15 is 0 Å². The predicted octanol–water partition coefficient (Wildman–Crippen LogP) is 5.41. The lowest BCUT2D eigenvalue weighted by molar-refractivity contribution is -0.346. The lowest BCUT2D eigenvalue weighted by atomic mass is 9.44. The molecule has 12 rings (SSSR count). The average Bonchev–Trinajstić information content (AvgIpc) is 0.820. The molecule has 3 aliphatic carbocycles. The molecule has 1 amide bonds. The third kappa shape index (κ3) is 12.8. The van der Waals surface area contributed by atoms with Gasteiger partial charge in [-0.1, -0.05) is 74.5 Å². The number of hydrogen-bond donors (Lipinski definition) is 6. The third-order valence-electron chi connectivity index (χ3n) is 19.2. The molecule has 3 aromatic carbocycles. The van der Waals surface area contributed by atoms with Crippen molar-refractivity contribution >= 4 is 78.1 Å². The van der Waals surface area contributed by atoms with E-state index in [9.17, 15) is 52.8 Å². The van der Waals surface area contributed by atoms with E-state index in [-0.39, 0.29) is 29.7 Å². The van der Waals surface area contributed by atoms with Gasteiger partial charge in [0.1, 0.15) is 35.6 Å². The minimum atomic E-state index is -3.13. The van der Waals surface area contributed by atoms with Crippen molar-refractivity contribution in [3.05, 3.63) is 118 Å². The number of sulfonamides is 1. The van der Waals surface area contributed by atoms with Crippen molar-refractivity contribution < 1.29 is 81.2 Å². The van der Waals surface area contributed by atoms with E-state index in [2.05, 4.69) is 31.4 Å². The van der Waals surface area contributed by atoms with Crippen LogP contribution >= 0.6 is 11.3 Å². The van der Waals surface area contributed by atoms with Crippen LogP contribution in [0.4, 0.5) is 10.6 Å². The normalized spacial score (nSPS) is 28.0. The molecule has 0 radical (unpaired) electrons. The van der Waals surface area contributed by atoms with Crippen LogP contribution < -0.4 is 10.2 Å². The van der Waals surface area contributed by atoms with Gasteiger partial charge >= 0.3 is 24.0 Å². The fourth-order valence-electron chi connectivity index (χ4n) is 14.3. The van der Waals surface area contributed by atoms with Crippen molar-refractivity contribution in [2.24, 2.45) is 16.7 Å². The molecule has 0 spiro atoms. The number of rotatable bonds is 13. The summed E-state index contributed by atoms with van der Waals surface area (Å²) in [5.41, 5.74) is -5.29. The molecule has 25 nitrogen and oxygen atoms in total. The Labute approximate surface area is 542 Å². The molecule has 2 saturated carbocycles. The summed E-state index contributed by atoms with van der Waals surface area (Å²) in [5.74, 6) is -3.72. The number of aliphatic hydroxyl groups is 4. The van der Waals surface area contributed by atoms with Gasteiger partial charge in [0.05, 0.1) is 77.0 Å². The zero-order valence-electron chi connectivity index (χ0n) is 53.4. The number of aliphatic hydroxyl groups excluding tert-OH is 3. The Morgan fingerprint density at radius 2 is 1.59 bits per heavy atom. The average molecular weight is 1320 g/mol. The number of nitrogens with one attached hydrogen (secondary N) is 2. The summed E-state index contributed by atoms with van der Waals surface area (Å²) < 4.78 is 61.4. The Balaban J connectivity index is 0.000000214. The summed E-state index contributed by atoms with van der Waals surface area (Å²) in [6, 6.07) is 22.8. The van der Waals surface area contributed by atoms with Crippen LogP contribution in [0.2, 0.25) is 0 Å². The number of morpholine rings is 1. The highest BCUT2D eigenvalue weighted by atomic mass is 32.2. The lowest BCUT2D eigenvalue weighted by Crippen LogP contribution is -2.81. The van der Waals surface area contributed by atoms with Crippen molar-refractivity contribution in [1.82, 2.24) is 34.7 Å². The number of nitrogens with zero attached hydrogens (tertiary/aromatic N) is 6. The van der Waals surface area contributed by atoms with Crippen molar-refractivity contribution in [1.29, 1.82) is 0 Å². The number of fused-ring (bicyclic) bond motifs is 7. The van der Waals surface area contributed by atoms with Gasteiger partial charge in [0.15, 0.2) is 29.1 Å². The van der Waals surface area contributed by atoms with Gasteiger partial charge in [-0.15, -0.1) is 11.3 Å². The van der Waals surface area contributed by atoms with Crippen LogP contribution in [0.5, 0.6) is 0 Å².